The van der Waals surface area contributed by atoms with E-state index in [0.717, 1.165) is 12.1 Å². The second-order valence-corrected chi connectivity index (χ2v) is 5.27. The first kappa shape index (κ1) is 17.1. The minimum atomic E-state index is -1.13. The van der Waals surface area contributed by atoms with Crippen molar-refractivity contribution < 1.29 is 33.0 Å². The lowest BCUT2D eigenvalue weighted by Gasteiger charge is -2.25. The lowest BCUT2D eigenvalue weighted by atomic mass is 10.2. The van der Waals surface area contributed by atoms with Crippen LogP contribution >= 0.6 is 0 Å². The van der Waals surface area contributed by atoms with Crippen molar-refractivity contribution in [3.05, 3.63) is 29.8 Å². The number of methoxy groups -OCH3 is 1. The van der Waals surface area contributed by atoms with Crippen molar-refractivity contribution in [1.82, 2.24) is 4.90 Å². The molecule has 0 aromatic heterocycles. The first-order valence-electron chi connectivity index (χ1n) is 7.01. The van der Waals surface area contributed by atoms with Gasteiger partial charge in [-0.15, -0.1) is 0 Å². The standard InChI is InChI=1S/C15H17F2NO5/c1-8(23-9-3-4-11(16)12(17)5-9)14(19)18-7-10(22-2)6-13(18)15(20)21/h3-5,8,10,13H,6-7H2,1-2H3,(H,20,21). The number of likely N-dealkylation sites (tertiary alicyclic amines) is 1. The Bertz CT molecular complexity index is 610. The first-order valence-corrected chi connectivity index (χ1v) is 7.01. The number of halogens is 2. The summed E-state index contributed by atoms with van der Waals surface area (Å²) in [5, 5.41) is 9.20. The van der Waals surface area contributed by atoms with E-state index in [4.69, 9.17) is 9.47 Å². The Morgan fingerprint density at radius 3 is 2.61 bits per heavy atom. The van der Waals surface area contributed by atoms with Gasteiger partial charge in [-0.2, -0.15) is 0 Å². The highest BCUT2D eigenvalue weighted by Gasteiger charge is 2.41. The van der Waals surface area contributed by atoms with Gasteiger partial charge in [-0.3, -0.25) is 4.79 Å². The summed E-state index contributed by atoms with van der Waals surface area (Å²) in [6.07, 6.45) is -1.22. The summed E-state index contributed by atoms with van der Waals surface area (Å²) >= 11 is 0. The highest BCUT2D eigenvalue weighted by atomic mass is 19.2. The molecule has 1 aliphatic rings. The third-order valence-corrected chi connectivity index (χ3v) is 3.72. The van der Waals surface area contributed by atoms with Crippen molar-refractivity contribution in [2.45, 2.75) is 31.6 Å². The number of carbonyl (C=O) groups is 2. The maximum atomic E-state index is 13.2. The number of carbonyl (C=O) groups excluding carboxylic acids is 1. The van der Waals surface area contributed by atoms with Gasteiger partial charge in [0.1, 0.15) is 11.8 Å². The van der Waals surface area contributed by atoms with Crippen molar-refractivity contribution >= 4 is 11.9 Å². The third-order valence-electron chi connectivity index (χ3n) is 3.72. The van der Waals surface area contributed by atoms with E-state index in [0.29, 0.717) is 0 Å². The molecule has 0 spiro atoms. The summed E-state index contributed by atoms with van der Waals surface area (Å²) in [5.74, 6) is -3.81. The number of hydrogen-bond donors (Lipinski definition) is 1. The van der Waals surface area contributed by atoms with E-state index in [1.807, 2.05) is 0 Å². The molecular weight excluding hydrogens is 312 g/mol. The number of benzene rings is 1. The van der Waals surface area contributed by atoms with Crippen molar-refractivity contribution in [2.24, 2.45) is 0 Å². The molecule has 2 rings (SSSR count). The highest BCUT2D eigenvalue weighted by Crippen LogP contribution is 2.23. The third kappa shape index (κ3) is 3.76. The molecular formula is C15H17F2NO5. The fourth-order valence-corrected chi connectivity index (χ4v) is 2.48. The summed E-state index contributed by atoms with van der Waals surface area (Å²) in [6.45, 7) is 1.56. The zero-order chi connectivity index (χ0) is 17.1. The Labute approximate surface area is 131 Å². The summed E-state index contributed by atoms with van der Waals surface area (Å²) < 4.78 is 36.4. The number of carboxylic acids is 1. The lowest BCUT2D eigenvalue weighted by molar-refractivity contribution is -0.150. The lowest BCUT2D eigenvalue weighted by Crippen LogP contribution is -2.46. The molecule has 1 saturated heterocycles. The monoisotopic (exact) mass is 329 g/mol. The zero-order valence-corrected chi connectivity index (χ0v) is 12.7. The molecule has 0 aliphatic carbocycles. The average Bonchev–Trinajstić information content (AvgIpc) is 2.94. The number of hydrogen-bond acceptors (Lipinski definition) is 4. The quantitative estimate of drug-likeness (QED) is 0.884. The van der Waals surface area contributed by atoms with Gasteiger partial charge in [0.25, 0.3) is 5.91 Å². The fraction of sp³-hybridized carbons (Fsp3) is 0.467. The number of amides is 1. The SMILES string of the molecule is COC1CC(C(=O)O)N(C(=O)C(C)Oc2ccc(F)c(F)c2)C1. The van der Waals surface area contributed by atoms with Gasteiger partial charge < -0.3 is 19.5 Å². The van der Waals surface area contributed by atoms with Crippen molar-refractivity contribution in [1.29, 1.82) is 0 Å². The molecule has 6 nitrogen and oxygen atoms in total. The molecule has 1 heterocycles. The van der Waals surface area contributed by atoms with Crippen LogP contribution < -0.4 is 4.74 Å². The Morgan fingerprint density at radius 1 is 1.35 bits per heavy atom. The van der Waals surface area contributed by atoms with E-state index < -0.39 is 35.7 Å². The van der Waals surface area contributed by atoms with Gasteiger partial charge in [-0.1, -0.05) is 0 Å². The second kappa shape index (κ2) is 6.91. The molecule has 1 amide bonds. The van der Waals surface area contributed by atoms with Gasteiger partial charge in [0.15, 0.2) is 17.7 Å². The minimum Gasteiger partial charge on any atom is -0.481 e. The van der Waals surface area contributed by atoms with Gasteiger partial charge in [0, 0.05) is 26.1 Å². The normalized spacial score (nSPS) is 22.0. The van der Waals surface area contributed by atoms with Crippen LogP contribution in [-0.4, -0.2) is 53.8 Å². The largest absolute Gasteiger partial charge is 0.481 e. The highest BCUT2D eigenvalue weighted by molar-refractivity contribution is 5.87. The molecule has 1 aromatic rings. The van der Waals surface area contributed by atoms with E-state index >= 15 is 0 Å². The first-order chi connectivity index (χ1) is 10.8. The van der Waals surface area contributed by atoms with E-state index in [9.17, 15) is 23.5 Å². The smallest absolute Gasteiger partial charge is 0.326 e. The predicted molar refractivity (Wildman–Crippen MR) is 75.0 cm³/mol. The molecule has 23 heavy (non-hydrogen) atoms. The Hall–Kier alpha value is -2.22. The molecule has 0 radical (unpaired) electrons. The number of ether oxygens (including phenoxy) is 2. The Morgan fingerprint density at radius 2 is 2.04 bits per heavy atom. The summed E-state index contributed by atoms with van der Waals surface area (Å²) in [7, 11) is 1.44. The molecule has 8 heteroatoms. The van der Waals surface area contributed by atoms with Gasteiger partial charge >= 0.3 is 5.97 Å². The average molecular weight is 329 g/mol. The maximum Gasteiger partial charge on any atom is 0.326 e. The molecule has 1 aromatic carbocycles. The molecule has 3 unspecified atom stereocenters. The number of nitrogens with zero attached hydrogens (tertiary/aromatic N) is 1. The van der Waals surface area contributed by atoms with E-state index in [1.54, 1.807) is 0 Å². The van der Waals surface area contributed by atoms with Crippen LogP contribution in [0, 0.1) is 11.6 Å². The topological polar surface area (TPSA) is 76.1 Å². The number of aliphatic carboxylic acids is 1. The van der Waals surface area contributed by atoms with Gasteiger partial charge in [-0.25, -0.2) is 13.6 Å². The van der Waals surface area contributed by atoms with Gasteiger partial charge in [-0.05, 0) is 19.1 Å². The van der Waals surface area contributed by atoms with Crippen LogP contribution in [-0.2, 0) is 14.3 Å². The van der Waals surface area contributed by atoms with Crippen molar-refractivity contribution in [2.75, 3.05) is 13.7 Å². The molecule has 1 N–H and O–H groups in total. The van der Waals surface area contributed by atoms with Crippen molar-refractivity contribution in [3.8, 4) is 5.75 Å². The van der Waals surface area contributed by atoms with Gasteiger partial charge in [0.2, 0.25) is 0 Å². The fourth-order valence-electron chi connectivity index (χ4n) is 2.48. The molecule has 126 valence electrons. The van der Waals surface area contributed by atoms with Crippen molar-refractivity contribution in [3.63, 3.8) is 0 Å². The van der Waals surface area contributed by atoms with Crippen LogP contribution in [0.25, 0.3) is 0 Å². The van der Waals surface area contributed by atoms with Crippen LogP contribution in [0.4, 0.5) is 8.78 Å². The second-order valence-electron chi connectivity index (χ2n) is 5.27. The summed E-state index contributed by atoms with van der Waals surface area (Å²) in [4.78, 5) is 24.8. The minimum absolute atomic E-state index is 0.0147. The van der Waals surface area contributed by atoms with Crippen LogP contribution in [0.3, 0.4) is 0 Å². The molecule has 1 fully saturated rings. The van der Waals surface area contributed by atoms with Crippen LogP contribution in [0.2, 0.25) is 0 Å². The predicted octanol–water partition coefficient (Wildman–Crippen LogP) is 1.43. The summed E-state index contributed by atoms with van der Waals surface area (Å²) in [6, 6.07) is 1.91. The molecule has 0 bridgehead atoms. The summed E-state index contributed by atoms with van der Waals surface area (Å²) in [5.41, 5.74) is 0. The van der Waals surface area contributed by atoms with E-state index in [-0.39, 0.29) is 24.8 Å². The van der Waals surface area contributed by atoms with Crippen LogP contribution in [0.15, 0.2) is 18.2 Å². The molecule has 0 saturated carbocycles. The van der Waals surface area contributed by atoms with E-state index in [2.05, 4.69) is 0 Å². The van der Waals surface area contributed by atoms with Crippen LogP contribution in [0.5, 0.6) is 5.75 Å². The van der Waals surface area contributed by atoms with Crippen LogP contribution in [0.1, 0.15) is 13.3 Å². The molecule has 1 aliphatic heterocycles. The van der Waals surface area contributed by atoms with Gasteiger partial charge in [0.05, 0.1) is 6.10 Å². The maximum absolute atomic E-state index is 13.2. The number of carboxylic acid groups (broad SMARTS) is 1. The zero-order valence-electron chi connectivity index (χ0n) is 12.7. The molecule has 3 atom stereocenters. The Kier molecular flexibility index (Phi) is 5.15. The van der Waals surface area contributed by atoms with E-state index in [1.165, 1.54) is 25.0 Å². The number of rotatable bonds is 5. The Balaban J connectivity index is 2.08.